The number of rotatable bonds is 5. The van der Waals surface area contributed by atoms with E-state index in [-0.39, 0.29) is 24.0 Å². The molecule has 4 rings (SSSR count). The Labute approximate surface area is 171 Å². The lowest BCUT2D eigenvalue weighted by Gasteiger charge is -2.32. The van der Waals surface area contributed by atoms with Gasteiger partial charge >= 0.3 is 5.97 Å². The highest BCUT2D eigenvalue weighted by Crippen LogP contribution is 2.39. The predicted molar refractivity (Wildman–Crippen MR) is 116 cm³/mol. The Morgan fingerprint density at radius 2 is 1.45 bits per heavy atom. The van der Waals surface area contributed by atoms with Crippen LogP contribution in [-0.2, 0) is 4.74 Å². The summed E-state index contributed by atoms with van der Waals surface area (Å²) >= 11 is 0. The van der Waals surface area contributed by atoms with E-state index in [2.05, 4.69) is 26.0 Å². The lowest BCUT2D eigenvalue weighted by molar-refractivity contribution is 0.0450. The molecule has 0 saturated carbocycles. The molecule has 4 nitrogen and oxygen atoms in total. The fourth-order valence-electron chi connectivity index (χ4n) is 3.71. The van der Waals surface area contributed by atoms with Gasteiger partial charge in [-0.05, 0) is 29.8 Å². The topological polar surface area (TPSA) is 41.9 Å². The molecule has 3 aromatic rings. The largest absolute Gasteiger partial charge is 0.460 e. The summed E-state index contributed by atoms with van der Waals surface area (Å²) in [5.41, 5.74) is 3.29. The van der Waals surface area contributed by atoms with Crippen LogP contribution in [-0.4, -0.2) is 24.3 Å². The average molecular weight is 384 g/mol. The minimum Gasteiger partial charge on any atom is -0.460 e. The number of carbonyl (C=O) groups is 1. The van der Waals surface area contributed by atoms with Crippen LogP contribution in [0.1, 0.15) is 29.8 Å². The molecular weight excluding hydrogens is 360 g/mol. The molecular formula is C25H24N2O2. The van der Waals surface area contributed by atoms with Crippen molar-refractivity contribution >= 4 is 17.4 Å². The average Bonchev–Trinajstić information content (AvgIpc) is 3.04. The Morgan fingerprint density at radius 3 is 2.07 bits per heavy atom. The summed E-state index contributed by atoms with van der Waals surface area (Å²) in [6.45, 7) is 4.56. The number of esters is 1. The Hall–Kier alpha value is -3.40. The van der Waals surface area contributed by atoms with Crippen LogP contribution in [0.4, 0.5) is 5.69 Å². The third kappa shape index (κ3) is 3.79. The molecule has 1 aliphatic heterocycles. The molecule has 0 amide bonds. The van der Waals surface area contributed by atoms with Crippen LogP contribution in [0, 0.1) is 5.41 Å². The number of para-hydroxylation sites is 1. The van der Waals surface area contributed by atoms with E-state index >= 15 is 0 Å². The summed E-state index contributed by atoms with van der Waals surface area (Å²) in [5, 5.41) is 6.96. The van der Waals surface area contributed by atoms with Crippen molar-refractivity contribution in [1.29, 1.82) is 0 Å². The van der Waals surface area contributed by atoms with Gasteiger partial charge in [0.15, 0.2) is 0 Å². The number of ether oxygens (including phenoxy) is 1. The van der Waals surface area contributed by atoms with Gasteiger partial charge in [0.1, 0.15) is 6.61 Å². The second-order valence-corrected chi connectivity index (χ2v) is 7.70. The zero-order chi connectivity index (χ0) is 20.3. The summed E-state index contributed by atoms with van der Waals surface area (Å²) in [6.07, 6.45) is 0. The second-order valence-electron chi connectivity index (χ2n) is 7.70. The number of anilines is 1. The standard InChI is InChI=1S/C25H24N2O2/c1-25(2)22(18-29-24(28)20-14-8-4-9-15-20)27(21-16-10-5-11-17-21)26-23(25)19-12-6-3-7-13-19/h3-17,22H,18H2,1-2H3. The van der Waals surface area contributed by atoms with Gasteiger partial charge in [-0.3, -0.25) is 5.01 Å². The van der Waals surface area contributed by atoms with E-state index in [1.807, 2.05) is 71.7 Å². The normalized spacial score (nSPS) is 17.7. The number of benzene rings is 3. The number of hydrogen-bond acceptors (Lipinski definition) is 4. The summed E-state index contributed by atoms with van der Waals surface area (Å²) in [5.74, 6) is -0.317. The van der Waals surface area contributed by atoms with Crippen LogP contribution in [0.2, 0.25) is 0 Å². The van der Waals surface area contributed by atoms with Gasteiger partial charge in [0.25, 0.3) is 0 Å². The van der Waals surface area contributed by atoms with Gasteiger partial charge in [0.05, 0.1) is 23.0 Å². The van der Waals surface area contributed by atoms with Gasteiger partial charge in [-0.15, -0.1) is 0 Å². The van der Waals surface area contributed by atoms with E-state index in [0.717, 1.165) is 17.0 Å². The molecule has 0 aromatic heterocycles. The molecule has 1 heterocycles. The highest BCUT2D eigenvalue weighted by molar-refractivity contribution is 6.07. The Bertz CT molecular complexity index is 999. The number of hydrazone groups is 1. The van der Waals surface area contributed by atoms with Crippen molar-refractivity contribution in [3.05, 3.63) is 102 Å². The number of carbonyl (C=O) groups excluding carboxylic acids is 1. The third-order valence-corrected chi connectivity index (χ3v) is 5.40. The molecule has 0 spiro atoms. The second kappa shape index (κ2) is 7.92. The molecule has 29 heavy (non-hydrogen) atoms. The summed E-state index contributed by atoms with van der Waals surface area (Å²) in [7, 11) is 0. The molecule has 0 saturated heterocycles. The molecule has 3 aromatic carbocycles. The first-order valence-corrected chi connectivity index (χ1v) is 9.78. The summed E-state index contributed by atoms with van der Waals surface area (Å²) < 4.78 is 5.73. The van der Waals surface area contributed by atoms with E-state index < -0.39 is 0 Å². The van der Waals surface area contributed by atoms with Gasteiger partial charge in [-0.25, -0.2) is 4.79 Å². The minimum absolute atomic E-state index is 0.118. The van der Waals surface area contributed by atoms with E-state index in [1.54, 1.807) is 12.1 Å². The van der Waals surface area contributed by atoms with Crippen molar-refractivity contribution in [3.8, 4) is 0 Å². The highest BCUT2D eigenvalue weighted by Gasteiger charge is 2.46. The van der Waals surface area contributed by atoms with Crippen LogP contribution < -0.4 is 5.01 Å². The fraction of sp³-hybridized carbons (Fsp3) is 0.200. The Morgan fingerprint density at radius 1 is 0.897 bits per heavy atom. The maximum absolute atomic E-state index is 12.5. The van der Waals surface area contributed by atoms with E-state index in [4.69, 9.17) is 9.84 Å². The smallest absolute Gasteiger partial charge is 0.338 e. The molecule has 1 aliphatic rings. The van der Waals surface area contributed by atoms with Crippen LogP contribution in [0.15, 0.2) is 96.1 Å². The van der Waals surface area contributed by atoms with Gasteiger partial charge in [-0.1, -0.05) is 80.6 Å². The first-order valence-electron chi connectivity index (χ1n) is 9.78. The van der Waals surface area contributed by atoms with Crippen molar-refractivity contribution < 1.29 is 9.53 Å². The molecule has 0 radical (unpaired) electrons. The molecule has 0 N–H and O–H groups in total. The lowest BCUT2D eigenvalue weighted by atomic mass is 9.78. The van der Waals surface area contributed by atoms with Crippen LogP contribution in [0.3, 0.4) is 0 Å². The lowest BCUT2D eigenvalue weighted by Crippen LogP contribution is -2.44. The number of hydrogen-bond donors (Lipinski definition) is 0. The number of nitrogens with zero attached hydrogens (tertiary/aromatic N) is 2. The Kier molecular flexibility index (Phi) is 5.17. The van der Waals surface area contributed by atoms with Crippen molar-refractivity contribution in [2.75, 3.05) is 11.6 Å². The predicted octanol–water partition coefficient (Wildman–Crippen LogP) is 5.16. The monoisotopic (exact) mass is 384 g/mol. The Balaban J connectivity index is 1.64. The first kappa shape index (κ1) is 18.9. The van der Waals surface area contributed by atoms with Crippen LogP contribution in [0.25, 0.3) is 0 Å². The molecule has 146 valence electrons. The minimum atomic E-state index is -0.317. The third-order valence-electron chi connectivity index (χ3n) is 5.40. The van der Waals surface area contributed by atoms with Crippen molar-refractivity contribution in [3.63, 3.8) is 0 Å². The van der Waals surface area contributed by atoms with E-state index in [0.29, 0.717) is 5.56 Å². The van der Waals surface area contributed by atoms with E-state index in [9.17, 15) is 4.79 Å². The van der Waals surface area contributed by atoms with E-state index in [1.165, 1.54) is 0 Å². The first-order chi connectivity index (χ1) is 14.1. The van der Waals surface area contributed by atoms with Crippen LogP contribution >= 0.6 is 0 Å². The molecule has 4 heteroatoms. The summed E-state index contributed by atoms with van der Waals surface area (Å²) in [4.78, 5) is 12.5. The quantitative estimate of drug-likeness (QED) is 0.571. The zero-order valence-corrected chi connectivity index (χ0v) is 16.7. The molecule has 1 unspecified atom stereocenters. The van der Waals surface area contributed by atoms with Crippen molar-refractivity contribution in [1.82, 2.24) is 0 Å². The van der Waals surface area contributed by atoms with Gasteiger partial charge in [-0.2, -0.15) is 5.10 Å². The highest BCUT2D eigenvalue weighted by atomic mass is 16.5. The SMILES string of the molecule is CC1(C)C(c2ccccc2)=NN(c2ccccc2)C1COC(=O)c1ccccc1. The molecule has 0 aliphatic carbocycles. The molecule has 1 atom stereocenters. The maximum atomic E-state index is 12.5. The van der Waals surface area contributed by atoms with Crippen LogP contribution in [0.5, 0.6) is 0 Å². The molecule has 0 fully saturated rings. The van der Waals surface area contributed by atoms with Gasteiger partial charge in [0.2, 0.25) is 0 Å². The zero-order valence-electron chi connectivity index (χ0n) is 16.7. The maximum Gasteiger partial charge on any atom is 0.338 e. The fourth-order valence-corrected chi connectivity index (χ4v) is 3.71. The van der Waals surface area contributed by atoms with Crippen molar-refractivity contribution in [2.24, 2.45) is 10.5 Å². The van der Waals surface area contributed by atoms with Crippen molar-refractivity contribution in [2.45, 2.75) is 19.9 Å². The van der Waals surface area contributed by atoms with Gasteiger partial charge in [0, 0.05) is 5.41 Å². The molecule has 0 bridgehead atoms. The summed E-state index contributed by atoms with van der Waals surface area (Å²) in [6, 6.07) is 29.2. The van der Waals surface area contributed by atoms with Gasteiger partial charge < -0.3 is 4.74 Å².